The smallest absolute Gasteiger partial charge is 0.450 e. The first kappa shape index (κ1) is 14.9. The van der Waals surface area contributed by atoms with Gasteiger partial charge in [-0.1, -0.05) is 0 Å². The summed E-state index contributed by atoms with van der Waals surface area (Å²) in [6.07, 6.45) is -3.85. The number of anilines is 1. The summed E-state index contributed by atoms with van der Waals surface area (Å²) in [5.74, 6) is -2.14. The normalized spacial score (nSPS) is 11.4. The number of hydrogen-bond donors (Lipinski definition) is 1. The highest BCUT2D eigenvalue weighted by Gasteiger charge is 2.39. The van der Waals surface area contributed by atoms with Crippen LogP contribution in [0.15, 0.2) is 34.9 Å². The van der Waals surface area contributed by atoms with Crippen LogP contribution in [0.25, 0.3) is 0 Å². The third-order valence-corrected chi connectivity index (χ3v) is 3.27. The van der Waals surface area contributed by atoms with Gasteiger partial charge >= 0.3 is 6.18 Å². The quantitative estimate of drug-likeness (QED) is 0.763. The van der Waals surface area contributed by atoms with Gasteiger partial charge in [0.15, 0.2) is 0 Å². The number of aryl methyl sites for hydroxylation is 1. The van der Waals surface area contributed by atoms with E-state index in [1.165, 1.54) is 0 Å². The molecule has 0 spiro atoms. The minimum atomic E-state index is -4.70. The molecule has 0 atom stereocenters. The molecule has 1 aromatic carbocycles. The second-order valence-electron chi connectivity index (χ2n) is 4.07. The third-order valence-electron chi connectivity index (χ3n) is 2.60. The molecule has 0 bridgehead atoms. The number of nitrogens with one attached hydrogen (secondary N) is 1. The average Bonchev–Trinajstić information content (AvgIpc) is 2.81. The molecular formula is C13H9F3INO2. The maximum Gasteiger partial charge on any atom is 0.450 e. The summed E-state index contributed by atoms with van der Waals surface area (Å²) in [6.45, 7) is 1.76. The van der Waals surface area contributed by atoms with Crippen molar-refractivity contribution >= 4 is 34.2 Å². The lowest BCUT2D eigenvalue weighted by atomic mass is 10.1. The predicted molar refractivity (Wildman–Crippen MR) is 75.6 cm³/mol. The van der Waals surface area contributed by atoms with Gasteiger partial charge in [0.05, 0.1) is 11.8 Å². The van der Waals surface area contributed by atoms with Gasteiger partial charge in [-0.3, -0.25) is 4.79 Å². The molecule has 3 nitrogen and oxygen atoms in total. The zero-order valence-corrected chi connectivity index (χ0v) is 12.4. The molecule has 0 saturated heterocycles. The molecule has 1 N–H and O–H groups in total. The molecule has 0 unspecified atom stereocenters. The van der Waals surface area contributed by atoms with Gasteiger partial charge in [-0.2, -0.15) is 13.2 Å². The summed E-state index contributed by atoms with van der Waals surface area (Å²) < 4.78 is 43.2. The van der Waals surface area contributed by atoms with Crippen molar-refractivity contribution in [1.82, 2.24) is 0 Å². The first-order chi connectivity index (χ1) is 9.29. The zero-order valence-electron chi connectivity index (χ0n) is 10.2. The van der Waals surface area contributed by atoms with E-state index >= 15 is 0 Å². The average molecular weight is 395 g/mol. The van der Waals surface area contributed by atoms with E-state index in [1.807, 2.05) is 6.07 Å². The molecular weight excluding hydrogens is 386 g/mol. The lowest BCUT2D eigenvalue weighted by molar-refractivity contribution is -0.153. The molecule has 0 aliphatic carbocycles. The first-order valence-corrected chi connectivity index (χ1v) is 6.59. The lowest BCUT2D eigenvalue weighted by Gasteiger charge is -2.09. The van der Waals surface area contributed by atoms with Crippen LogP contribution >= 0.6 is 22.6 Å². The molecule has 0 aliphatic heterocycles. The topological polar surface area (TPSA) is 42.2 Å². The van der Waals surface area contributed by atoms with Crippen molar-refractivity contribution in [3.05, 3.63) is 51.0 Å². The zero-order chi connectivity index (χ0) is 14.9. The maximum atomic E-state index is 12.6. The van der Waals surface area contributed by atoms with E-state index in [1.54, 1.807) is 19.1 Å². The first-order valence-electron chi connectivity index (χ1n) is 5.51. The second kappa shape index (κ2) is 5.47. The Balaban J connectivity index is 2.27. The number of furan rings is 1. The second-order valence-corrected chi connectivity index (χ2v) is 5.32. The van der Waals surface area contributed by atoms with Crippen LogP contribution in [0.5, 0.6) is 0 Å². The van der Waals surface area contributed by atoms with Crippen molar-refractivity contribution < 1.29 is 22.4 Å². The lowest BCUT2D eigenvalue weighted by Crippen LogP contribution is -2.17. The van der Waals surface area contributed by atoms with Gasteiger partial charge in [-0.15, -0.1) is 0 Å². The summed E-state index contributed by atoms with van der Waals surface area (Å²) in [6, 6.07) is 6.21. The molecule has 7 heteroatoms. The number of amides is 1. The molecule has 106 valence electrons. The van der Waals surface area contributed by atoms with Gasteiger partial charge in [0.2, 0.25) is 5.76 Å². The van der Waals surface area contributed by atoms with Crippen LogP contribution in [0, 0.1) is 10.5 Å². The Bertz CT molecular complexity index is 649. The Morgan fingerprint density at radius 3 is 2.60 bits per heavy atom. The van der Waals surface area contributed by atoms with E-state index in [-0.39, 0.29) is 0 Å². The van der Waals surface area contributed by atoms with Crippen molar-refractivity contribution in [2.45, 2.75) is 13.1 Å². The van der Waals surface area contributed by atoms with Crippen LogP contribution in [0.3, 0.4) is 0 Å². The van der Waals surface area contributed by atoms with Crippen LogP contribution in [-0.2, 0) is 6.18 Å². The summed E-state index contributed by atoms with van der Waals surface area (Å²) in [4.78, 5) is 11.9. The van der Waals surface area contributed by atoms with Crippen LogP contribution < -0.4 is 5.32 Å². The Hall–Kier alpha value is -1.51. The Kier molecular flexibility index (Phi) is 4.07. The van der Waals surface area contributed by atoms with Gasteiger partial charge < -0.3 is 9.73 Å². The van der Waals surface area contributed by atoms with Crippen molar-refractivity contribution in [3.8, 4) is 0 Å². The molecule has 2 aromatic rings. The predicted octanol–water partition coefficient (Wildman–Crippen LogP) is 4.46. The van der Waals surface area contributed by atoms with Crippen molar-refractivity contribution in [2.24, 2.45) is 0 Å². The fourth-order valence-corrected chi connectivity index (χ4v) is 2.31. The summed E-state index contributed by atoms with van der Waals surface area (Å²) >= 11 is 2.11. The van der Waals surface area contributed by atoms with Crippen LogP contribution in [0.1, 0.15) is 21.7 Å². The number of benzene rings is 1. The van der Waals surface area contributed by atoms with Crippen LogP contribution in [-0.4, -0.2) is 5.91 Å². The fraction of sp³-hybridized carbons (Fsp3) is 0.154. The summed E-state index contributed by atoms with van der Waals surface area (Å²) in [5.41, 5.74) is 0.697. The van der Waals surface area contributed by atoms with E-state index in [0.29, 0.717) is 5.69 Å². The Morgan fingerprint density at radius 1 is 1.30 bits per heavy atom. The minimum absolute atomic E-state index is 0.463. The van der Waals surface area contributed by atoms with Gasteiger partial charge in [0.1, 0.15) is 0 Å². The van der Waals surface area contributed by atoms with E-state index < -0.39 is 23.4 Å². The Morgan fingerprint density at radius 2 is 2.00 bits per heavy atom. The molecule has 1 aromatic heterocycles. The van der Waals surface area contributed by atoms with Crippen LogP contribution in [0.2, 0.25) is 0 Å². The fourth-order valence-electron chi connectivity index (χ4n) is 1.66. The number of carbonyl (C=O) groups is 1. The van der Waals surface area contributed by atoms with Gasteiger partial charge in [0, 0.05) is 9.26 Å². The highest BCUT2D eigenvalue weighted by Crippen LogP contribution is 2.33. The molecule has 1 heterocycles. The minimum Gasteiger partial charge on any atom is -0.459 e. The molecule has 0 radical (unpaired) electrons. The maximum absolute atomic E-state index is 12.6. The van der Waals surface area contributed by atoms with E-state index in [0.717, 1.165) is 21.5 Å². The molecule has 1 amide bonds. The van der Waals surface area contributed by atoms with Crippen molar-refractivity contribution in [1.29, 1.82) is 0 Å². The molecule has 2 rings (SSSR count). The molecule has 0 fully saturated rings. The molecule has 0 saturated carbocycles. The summed E-state index contributed by atoms with van der Waals surface area (Å²) in [5, 5.41) is 2.45. The number of rotatable bonds is 2. The monoisotopic (exact) mass is 395 g/mol. The van der Waals surface area contributed by atoms with Gasteiger partial charge in [0.25, 0.3) is 5.91 Å². The van der Waals surface area contributed by atoms with Crippen molar-refractivity contribution in [2.75, 3.05) is 5.32 Å². The number of alkyl halides is 3. The standard InChI is InChI=1S/C13H9F3INO2/c1-7-6-8(17)2-3-10(7)18-12(19)9-4-5-20-11(9)13(14,15)16/h2-6H,1H3,(H,18,19). The highest BCUT2D eigenvalue weighted by atomic mass is 127. The summed E-state index contributed by atoms with van der Waals surface area (Å²) in [7, 11) is 0. The van der Waals surface area contributed by atoms with Crippen molar-refractivity contribution in [3.63, 3.8) is 0 Å². The van der Waals surface area contributed by atoms with E-state index in [4.69, 9.17) is 0 Å². The molecule has 0 aliphatic rings. The van der Waals surface area contributed by atoms with Gasteiger partial charge in [-0.25, -0.2) is 0 Å². The number of halogens is 4. The highest BCUT2D eigenvalue weighted by molar-refractivity contribution is 14.1. The largest absolute Gasteiger partial charge is 0.459 e. The number of carbonyl (C=O) groups excluding carboxylic acids is 1. The SMILES string of the molecule is Cc1cc(I)ccc1NC(=O)c1ccoc1C(F)(F)F. The van der Waals surface area contributed by atoms with Gasteiger partial charge in [-0.05, 0) is 59.3 Å². The van der Waals surface area contributed by atoms with E-state index in [2.05, 4.69) is 32.3 Å². The molecule has 20 heavy (non-hydrogen) atoms. The van der Waals surface area contributed by atoms with E-state index in [9.17, 15) is 18.0 Å². The Labute approximate surface area is 126 Å². The third kappa shape index (κ3) is 3.14. The van der Waals surface area contributed by atoms with Crippen LogP contribution in [0.4, 0.5) is 18.9 Å². The number of hydrogen-bond acceptors (Lipinski definition) is 2.